The Balaban J connectivity index is 2.82. The van der Waals surface area contributed by atoms with Crippen molar-refractivity contribution in [2.24, 2.45) is 0 Å². The standard InChI is InChI=1S/C8H13NO5S2/c1-16(13,14)7-5-15-3-2-9(7)6(10)4-8(11)12/h7H,2-5H2,1H3,(H,11,12). The summed E-state index contributed by atoms with van der Waals surface area (Å²) >= 11 is 1.45. The Hall–Kier alpha value is -0.760. The smallest absolute Gasteiger partial charge is 0.312 e. The molecule has 0 spiro atoms. The number of carboxylic acid groups (broad SMARTS) is 1. The van der Waals surface area contributed by atoms with E-state index in [-0.39, 0.29) is 6.54 Å². The molecule has 1 N–H and O–H groups in total. The fourth-order valence-corrected chi connectivity index (χ4v) is 4.29. The number of aliphatic carboxylic acids is 1. The van der Waals surface area contributed by atoms with Crippen molar-refractivity contribution in [3.63, 3.8) is 0 Å². The Bertz CT molecular complexity index is 391. The summed E-state index contributed by atoms with van der Waals surface area (Å²) in [6, 6.07) is 0. The van der Waals surface area contributed by atoms with Crippen LogP contribution in [0.15, 0.2) is 0 Å². The van der Waals surface area contributed by atoms with Crippen LogP contribution in [0.5, 0.6) is 0 Å². The highest BCUT2D eigenvalue weighted by atomic mass is 32.2. The number of nitrogens with zero attached hydrogens (tertiary/aromatic N) is 1. The number of amides is 1. The van der Waals surface area contributed by atoms with Crippen molar-refractivity contribution in [1.82, 2.24) is 4.90 Å². The first-order valence-electron chi connectivity index (χ1n) is 4.60. The molecule has 1 atom stereocenters. The molecule has 1 aliphatic heterocycles. The van der Waals surface area contributed by atoms with Gasteiger partial charge in [-0.15, -0.1) is 0 Å². The minimum Gasteiger partial charge on any atom is -0.481 e. The third-order valence-electron chi connectivity index (χ3n) is 2.20. The molecule has 1 heterocycles. The summed E-state index contributed by atoms with van der Waals surface area (Å²) in [5.74, 6) is -0.930. The SMILES string of the molecule is CS(=O)(=O)C1CSCCN1C(=O)CC(=O)O. The van der Waals surface area contributed by atoms with Gasteiger partial charge < -0.3 is 10.0 Å². The van der Waals surface area contributed by atoms with E-state index in [1.807, 2.05) is 0 Å². The van der Waals surface area contributed by atoms with E-state index in [2.05, 4.69) is 0 Å². The first-order valence-corrected chi connectivity index (χ1v) is 7.71. The normalized spacial score (nSPS) is 21.8. The molecule has 1 saturated heterocycles. The molecule has 0 aromatic rings. The number of hydrogen-bond donors (Lipinski definition) is 1. The van der Waals surface area contributed by atoms with Crippen molar-refractivity contribution in [3.05, 3.63) is 0 Å². The molecule has 1 aliphatic rings. The van der Waals surface area contributed by atoms with Gasteiger partial charge in [-0.2, -0.15) is 11.8 Å². The van der Waals surface area contributed by atoms with Gasteiger partial charge >= 0.3 is 5.97 Å². The van der Waals surface area contributed by atoms with E-state index in [0.29, 0.717) is 11.5 Å². The molecule has 1 unspecified atom stereocenters. The second kappa shape index (κ2) is 5.05. The van der Waals surface area contributed by atoms with Crippen molar-refractivity contribution in [1.29, 1.82) is 0 Å². The molecule has 1 fully saturated rings. The van der Waals surface area contributed by atoms with Gasteiger partial charge in [0.15, 0.2) is 9.84 Å². The third kappa shape index (κ3) is 3.38. The van der Waals surface area contributed by atoms with Gasteiger partial charge in [0.25, 0.3) is 0 Å². The molecule has 0 saturated carbocycles. The predicted molar refractivity (Wildman–Crippen MR) is 59.9 cm³/mol. The molecule has 0 bridgehead atoms. The van der Waals surface area contributed by atoms with Crippen LogP contribution in [0.3, 0.4) is 0 Å². The molecule has 0 radical (unpaired) electrons. The van der Waals surface area contributed by atoms with Crippen LogP contribution in [0, 0.1) is 0 Å². The number of thioether (sulfide) groups is 1. The fraction of sp³-hybridized carbons (Fsp3) is 0.750. The summed E-state index contributed by atoms with van der Waals surface area (Å²) in [5.41, 5.74) is 0. The summed E-state index contributed by atoms with van der Waals surface area (Å²) in [6.45, 7) is 0.286. The molecule has 1 rings (SSSR count). The van der Waals surface area contributed by atoms with Gasteiger partial charge in [-0.3, -0.25) is 9.59 Å². The Morgan fingerprint density at radius 3 is 2.62 bits per heavy atom. The topological polar surface area (TPSA) is 91.8 Å². The molecule has 16 heavy (non-hydrogen) atoms. The van der Waals surface area contributed by atoms with E-state index in [1.54, 1.807) is 0 Å². The fourth-order valence-electron chi connectivity index (χ4n) is 1.45. The Morgan fingerprint density at radius 2 is 2.12 bits per heavy atom. The summed E-state index contributed by atoms with van der Waals surface area (Å²) in [6.07, 6.45) is 0.404. The van der Waals surface area contributed by atoms with Crippen LogP contribution < -0.4 is 0 Å². The zero-order chi connectivity index (χ0) is 12.3. The van der Waals surface area contributed by atoms with E-state index in [1.165, 1.54) is 11.8 Å². The van der Waals surface area contributed by atoms with Crippen molar-refractivity contribution in [2.45, 2.75) is 11.8 Å². The maximum absolute atomic E-state index is 11.5. The molecular weight excluding hydrogens is 254 g/mol. The highest BCUT2D eigenvalue weighted by Crippen LogP contribution is 2.20. The van der Waals surface area contributed by atoms with Crippen LogP contribution in [0.25, 0.3) is 0 Å². The van der Waals surface area contributed by atoms with Crippen molar-refractivity contribution >= 4 is 33.5 Å². The Morgan fingerprint density at radius 1 is 1.50 bits per heavy atom. The number of sulfone groups is 1. The molecule has 0 aliphatic carbocycles. The van der Waals surface area contributed by atoms with Crippen LogP contribution >= 0.6 is 11.8 Å². The van der Waals surface area contributed by atoms with Crippen LogP contribution in [-0.4, -0.2) is 60.0 Å². The predicted octanol–water partition coefficient (Wildman–Crippen LogP) is -0.593. The van der Waals surface area contributed by atoms with E-state index in [9.17, 15) is 18.0 Å². The average molecular weight is 267 g/mol. The minimum atomic E-state index is -3.36. The lowest BCUT2D eigenvalue weighted by molar-refractivity contribution is -0.144. The number of rotatable bonds is 3. The number of carbonyl (C=O) groups is 2. The second-order valence-electron chi connectivity index (χ2n) is 3.52. The maximum Gasteiger partial charge on any atom is 0.312 e. The van der Waals surface area contributed by atoms with E-state index in [4.69, 9.17) is 5.11 Å². The molecule has 92 valence electrons. The highest BCUT2D eigenvalue weighted by Gasteiger charge is 2.34. The largest absolute Gasteiger partial charge is 0.481 e. The number of carboxylic acids is 1. The van der Waals surface area contributed by atoms with Crippen LogP contribution in [0.1, 0.15) is 6.42 Å². The van der Waals surface area contributed by atoms with Crippen molar-refractivity contribution in [2.75, 3.05) is 24.3 Å². The van der Waals surface area contributed by atoms with Gasteiger partial charge in [-0.25, -0.2) is 8.42 Å². The van der Waals surface area contributed by atoms with Crippen molar-refractivity contribution in [3.8, 4) is 0 Å². The maximum atomic E-state index is 11.5. The quantitative estimate of drug-likeness (QED) is 0.687. The van der Waals surface area contributed by atoms with Gasteiger partial charge in [0, 0.05) is 24.3 Å². The first kappa shape index (κ1) is 13.3. The van der Waals surface area contributed by atoms with Crippen LogP contribution in [0.2, 0.25) is 0 Å². The highest BCUT2D eigenvalue weighted by molar-refractivity contribution is 8.00. The zero-order valence-electron chi connectivity index (χ0n) is 8.75. The number of hydrogen-bond acceptors (Lipinski definition) is 5. The van der Waals surface area contributed by atoms with Gasteiger partial charge in [0.05, 0.1) is 0 Å². The Kier molecular flexibility index (Phi) is 4.20. The lowest BCUT2D eigenvalue weighted by atomic mass is 10.3. The lowest BCUT2D eigenvalue weighted by Gasteiger charge is -2.33. The average Bonchev–Trinajstić information content (AvgIpc) is 2.15. The van der Waals surface area contributed by atoms with Crippen molar-refractivity contribution < 1.29 is 23.1 Å². The van der Waals surface area contributed by atoms with Crippen LogP contribution in [0.4, 0.5) is 0 Å². The van der Waals surface area contributed by atoms with E-state index < -0.39 is 33.5 Å². The molecular formula is C8H13NO5S2. The van der Waals surface area contributed by atoms with Gasteiger partial charge in [-0.1, -0.05) is 0 Å². The van der Waals surface area contributed by atoms with Crippen LogP contribution in [-0.2, 0) is 19.4 Å². The molecule has 1 amide bonds. The molecule has 8 heteroatoms. The summed E-state index contributed by atoms with van der Waals surface area (Å²) < 4.78 is 22.9. The van der Waals surface area contributed by atoms with E-state index >= 15 is 0 Å². The summed E-state index contributed by atoms with van der Waals surface area (Å²) in [7, 11) is -3.36. The first-order chi connectivity index (χ1) is 7.32. The summed E-state index contributed by atoms with van der Waals surface area (Å²) in [4.78, 5) is 23.1. The Labute approximate surface area is 97.9 Å². The number of carbonyl (C=O) groups excluding carboxylic acids is 1. The van der Waals surface area contributed by atoms with Gasteiger partial charge in [0.2, 0.25) is 5.91 Å². The molecule has 6 nitrogen and oxygen atoms in total. The summed E-state index contributed by atoms with van der Waals surface area (Å²) in [5, 5.41) is 7.61. The zero-order valence-corrected chi connectivity index (χ0v) is 10.4. The minimum absolute atomic E-state index is 0.286. The lowest BCUT2D eigenvalue weighted by Crippen LogP contribution is -2.50. The molecule has 0 aromatic heterocycles. The second-order valence-corrected chi connectivity index (χ2v) is 6.87. The molecule has 0 aromatic carbocycles. The van der Waals surface area contributed by atoms with Gasteiger partial charge in [-0.05, 0) is 0 Å². The third-order valence-corrected chi connectivity index (χ3v) is 4.84. The van der Waals surface area contributed by atoms with E-state index in [0.717, 1.165) is 11.2 Å². The van der Waals surface area contributed by atoms with Gasteiger partial charge in [0.1, 0.15) is 11.8 Å². The monoisotopic (exact) mass is 267 g/mol.